The van der Waals surface area contributed by atoms with E-state index in [1.807, 2.05) is 48.2 Å². The van der Waals surface area contributed by atoms with Crippen molar-refractivity contribution in [3.05, 3.63) is 58.5 Å². The standard InChI is InChI=1S/C20H22N4O2S2/c1-15-13-23(9-10-26-15)19(25)14-28-20-22-21-18(12-17-8-5-11-27-17)24(20)16-6-3-2-4-7-16/h2-8,11,15H,9-10,12-14H2,1H3. The van der Waals surface area contributed by atoms with Crippen molar-refractivity contribution in [1.82, 2.24) is 19.7 Å². The van der Waals surface area contributed by atoms with E-state index in [2.05, 4.69) is 26.2 Å². The van der Waals surface area contributed by atoms with Gasteiger partial charge in [-0.2, -0.15) is 0 Å². The first kappa shape index (κ1) is 19.2. The second-order valence-corrected chi connectivity index (χ2v) is 8.61. The van der Waals surface area contributed by atoms with Crippen molar-refractivity contribution >= 4 is 29.0 Å². The van der Waals surface area contributed by atoms with Crippen LogP contribution in [0, 0.1) is 0 Å². The van der Waals surface area contributed by atoms with Crippen LogP contribution < -0.4 is 0 Å². The van der Waals surface area contributed by atoms with E-state index in [0.717, 1.165) is 23.1 Å². The molecule has 8 heteroatoms. The number of thioether (sulfide) groups is 1. The second kappa shape index (κ2) is 8.89. The fourth-order valence-corrected chi connectivity index (χ4v) is 4.75. The maximum Gasteiger partial charge on any atom is 0.233 e. The van der Waals surface area contributed by atoms with Crippen LogP contribution in [0.4, 0.5) is 0 Å². The molecule has 3 aromatic rings. The predicted molar refractivity (Wildman–Crippen MR) is 111 cm³/mol. The van der Waals surface area contributed by atoms with Crippen LogP contribution >= 0.6 is 23.1 Å². The summed E-state index contributed by atoms with van der Waals surface area (Å²) in [4.78, 5) is 15.7. The van der Waals surface area contributed by atoms with Gasteiger partial charge in [-0.25, -0.2) is 0 Å². The minimum Gasteiger partial charge on any atom is -0.375 e. The topological polar surface area (TPSA) is 60.2 Å². The fourth-order valence-electron chi connectivity index (χ4n) is 3.18. The molecule has 1 aromatic carbocycles. The number of para-hydroxylation sites is 1. The molecule has 6 nitrogen and oxygen atoms in total. The van der Waals surface area contributed by atoms with Gasteiger partial charge in [0.05, 0.1) is 18.5 Å². The summed E-state index contributed by atoms with van der Waals surface area (Å²) in [6.07, 6.45) is 0.808. The molecular weight excluding hydrogens is 392 g/mol. The highest BCUT2D eigenvalue weighted by Gasteiger charge is 2.23. The zero-order valence-electron chi connectivity index (χ0n) is 15.7. The molecule has 1 amide bonds. The highest BCUT2D eigenvalue weighted by molar-refractivity contribution is 7.99. The number of carbonyl (C=O) groups is 1. The van der Waals surface area contributed by atoms with Gasteiger partial charge in [-0.05, 0) is 30.5 Å². The summed E-state index contributed by atoms with van der Waals surface area (Å²) >= 11 is 3.15. The monoisotopic (exact) mass is 414 g/mol. The van der Waals surface area contributed by atoms with E-state index in [4.69, 9.17) is 4.74 Å². The Morgan fingerprint density at radius 1 is 1.25 bits per heavy atom. The van der Waals surface area contributed by atoms with Gasteiger partial charge >= 0.3 is 0 Å². The van der Waals surface area contributed by atoms with E-state index < -0.39 is 0 Å². The third kappa shape index (κ3) is 4.45. The molecule has 3 heterocycles. The third-order valence-electron chi connectivity index (χ3n) is 4.55. The molecule has 1 fully saturated rings. The Morgan fingerprint density at radius 3 is 2.86 bits per heavy atom. The van der Waals surface area contributed by atoms with Crippen LogP contribution in [0.15, 0.2) is 53.0 Å². The largest absolute Gasteiger partial charge is 0.375 e. The lowest BCUT2D eigenvalue weighted by Crippen LogP contribution is -2.45. The van der Waals surface area contributed by atoms with E-state index >= 15 is 0 Å². The van der Waals surface area contributed by atoms with Crippen LogP contribution in [0.25, 0.3) is 5.69 Å². The van der Waals surface area contributed by atoms with E-state index in [9.17, 15) is 4.79 Å². The average molecular weight is 415 g/mol. The first-order valence-corrected chi connectivity index (χ1v) is 11.1. The summed E-state index contributed by atoms with van der Waals surface area (Å²) in [5, 5.41) is 11.6. The van der Waals surface area contributed by atoms with Crippen LogP contribution in [-0.4, -0.2) is 57.1 Å². The molecule has 1 unspecified atom stereocenters. The maximum absolute atomic E-state index is 12.6. The highest BCUT2D eigenvalue weighted by Crippen LogP contribution is 2.25. The Balaban J connectivity index is 1.53. The Labute approximate surface area is 172 Å². The van der Waals surface area contributed by atoms with E-state index in [1.54, 1.807) is 11.3 Å². The fraction of sp³-hybridized carbons (Fsp3) is 0.350. The average Bonchev–Trinajstić information content (AvgIpc) is 3.37. The van der Waals surface area contributed by atoms with Crippen LogP contribution in [-0.2, 0) is 16.0 Å². The summed E-state index contributed by atoms with van der Waals surface area (Å²) in [5.74, 6) is 1.34. The number of rotatable bonds is 6. The lowest BCUT2D eigenvalue weighted by Gasteiger charge is -2.31. The van der Waals surface area contributed by atoms with Crippen molar-refractivity contribution in [2.75, 3.05) is 25.4 Å². The van der Waals surface area contributed by atoms with Crippen molar-refractivity contribution in [2.24, 2.45) is 0 Å². The van der Waals surface area contributed by atoms with Gasteiger partial charge in [0, 0.05) is 30.1 Å². The van der Waals surface area contributed by atoms with Crippen molar-refractivity contribution < 1.29 is 9.53 Å². The van der Waals surface area contributed by atoms with Gasteiger partial charge in [0.1, 0.15) is 5.82 Å². The number of ether oxygens (including phenoxy) is 1. The lowest BCUT2D eigenvalue weighted by molar-refractivity contribution is -0.135. The zero-order chi connectivity index (χ0) is 19.3. The summed E-state index contributed by atoms with van der Waals surface area (Å²) < 4.78 is 7.58. The van der Waals surface area contributed by atoms with Crippen molar-refractivity contribution in [1.29, 1.82) is 0 Å². The van der Waals surface area contributed by atoms with Crippen molar-refractivity contribution in [2.45, 2.75) is 24.6 Å². The number of hydrogen-bond acceptors (Lipinski definition) is 6. The molecule has 28 heavy (non-hydrogen) atoms. The molecular formula is C20H22N4O2S2. The molecule has 2 aromatic heterocycles. The van der Waals surface area contributed by atoms with Gasteiger partial charge in [0.25, 0.3) is 0 Å². The number of aromatic nitrogens is 3. The molecule has 0 bridgehead atoms. The smallest absolute Gasteiger partial charge is 0.233 e. The molecule has 0 aliphatic carbocycles. The number of thiophene rings is 1. The van der Waals surface area contributed by atoms with Crippen LogP contribution in [0.3, 0.4) is 0 Å². The molecule has 0 radical (unpaired) electrons. The molecule has 0 saturated carbocycles. The normalized spacial score (nSPS) is 17.0. The number of amides is 1. The molecule has 1 aliphatic heterocycles. The number of benzene rings is 1. The molecule has 1 atom stereocenters. The van der Waals surface area contributed by atoms with E-state index in [-0.39, 0.29) is 12.0 Å². The van der Waals surface area contributed by atoms with Gasteiger partial charge in [-0.15, -0.1) is 21.5 Å². The van der Waals surface area contributed by atoms with Gasteiger partial charge in [-0.1, -0.05) is 36.0 Å². The minimum atomic E-state index is 0.0908. The number of hydrogen-bond donors (Lipinski definition) is 0. The quantitative estimate of drug-likeness (QED) is 0.580. The molecule has 0 N–H and O–H groups in total. The van der Waals surface area contributed by atoms with Gasteiger partial charge in [-0.3, -0.25) is 9.36 Å². The Bertz CT molecular complexity index is 912. The lowest BCUT2D eigenvalue weighted by atomic mass is 10.3. The number of carbonyl (C=O) groups excluding carboxylic acids is 1. The van der Waals surface area contributed by atoms with Crippen LogP contribution in [0.5, 0.6) is 0 Å². The Hall–Kier alpha value is -2.16. The number of morpholine rings is 1. The summed E-state index contributed by atoms with van der Waals surface area (Å²) in [5.41, 5.74) is 1.01. The van der Waals surface area contributed by atoms with Gasteiger partial charge in [0.2, 0.25) is 5.91 Å². The zero-order valence-corrected chi connectivity index (χ0v) is 17.3. The van der Waals surface area contributed by atoms with Crippen LogP contribution in [0.1, 0.15) is 17.6 Å². The Kier molecular flexibility index (Phi) is 6.09. The SMILES string of the molecule is CC1CN(C(=O)CSc2nnc(Cc3cccs3)n2-c2ccccc2)CCO1. The molecule has 0 spiro atoms. The van der Waals surface area contributed by atoms with Gasteiger partial charge < -0.3 is 9.64 Å². The van der Waals surface area contributed by atoms with Crippen molar-refractivity contribution in [3.8, 4) is 5.69 Å². The summed E-state index contributed by atoms with van der Waals surface area (Å²) in [6.45, 7) is 3.89. The first-order chi connectivity index (χ1) is 13.7. The van der Waals surface area contributed by atoms with Crippen molar-refractivity contribution in [3.63, 3.8) is 0 Å². The number of nitrogens with zero attached hydrogens (tertiary/aromatic N) is 4. The minimum absolute atomic E-state index is 0.0908. The Morgan fingerprint density at radius 2 is 2.11 bits per heavy atom. The van der Waals surface area contributed by atoms with Gasteiger partial charge in [0.15, 0.2) is 5.16 Å². The molecule has 146 valence electrons. The molecule has 1 saturated heterocycles. The second-order valence-electron chi connectivity index (χ2n) is 6.64. The summed E-state index contributed by atoms with van der Waals surface area (Å²) in [6, 6.07) is 14.2. The predicted octanol–water partition coefficient (Wildman–Crippen LogP) is 3.26. The summed E-state index contributed by atoms with van der Waals surface area (Å²) in [7, 11) is 0. The highest BCUT2D eigenvalue weighted by atomic mass is 32.2. The molecule has 1 aliphatic rings. The van der Waals surface area contributed by atoms with Crippen LogP contribution in [0.2, 0.25) is 0 Å². The molecule has 4 rings (SSSR count). The maximum atomic E-state index is 12.6. The van der Waals surface area contributed by atoms with E-state index in [1.165, 1.54) is 16.6 Å². The third-order valence-corrected chi connectivity index (χ3v) is 6.34. The first-order valence-electron chi connectivity index (χ1n) is 9.25. The van der Waals surface area contributed by atoms with E-state index in [0.29, 0.717) is 25.4 Å².